The van der Waals surface area contributed by atoms with Crippen LogP contribution >= 0.6 is 81.2 Å². The molecule has 0 aromatic heterocycles. The Bertz CT molecular complexity index is 163. The highest BCUT2D eigenvalue weighted by molar-refractivity contribution is 6.67. The van der Waals surface area contributed by atoms with Crippen molar-refractivity contribution in [3.05, 3.63) is 0 Å². The minimum absolute atomic E-state index is 0.180. The lowest BCUT2D eigenvalue weighted by Crippen LogP contribution is -2.34. The second kappa shape index (κ2) is 4.91. The normalized spacial score (nSPS) is 14.8. The summed E-state index contributed by atoms with van der Waals surface area (Å²) in [4.78, 5) is 0. The molecule has 0 aliphatic heterocycles. The van der Waals surface area contributed by atoms with E-state index in [1.54, 1.807) is 0 Å². The first-order valence-corrected chi connectivity index (χ1v) is 5.93. The SMILES string of the molecule is CC(Cl)(Cl)C(Cl)(Cl)CCC(Cl)(Cl)Cl. The molecule has 0 saturated carbocycles. The van der Waals surface area contributed by atoms with Crippen LogP contribution in [0.1, 0.15) is 19.8 Å². The van der Waals surface area contributed by atoms with Crippen molar-refractivity contribution in [2.75, 3.05) is 0 Å². The van der Waals surface area contributed by atoms with Gasteiger partial charge in [0.15, 0.2) is 8.13 Å². The van der Waals surface area contributed by atoms with Crippen molar-refractivity contribution in [3.8, 4) is 0 Å². The van der Waals surface area contributed by atoms with Gasteiger partial charge in [-0.05, 0) is 19.8 Å². The molecule has 0 aliphatic rings. The van der Waals surface area contributed by atoms with Gasteiger partial charge in [-0.2, -0.15) is 0 Å². The number of rotatable bonds is 3. The van der Waals surface area contributed by atoms with Crippen molar-refractivity contribution in [2.45, 2.75) is 32.2 Å². The zero-order valence-electron chi connectivity index (χ0n) is 6.56. The summed E-state index contributed by atoms with van der Waals surface area (Å²) in [5, 5.41) is 0. The van der Waals surface area contributed by atoms with Gasteiger partial charge in [-0.1, -0.05) is 81.2 Å². The van der Waals surface area contributed by atoms with Crippen molar-refractivity contribution in [1.82, 2.24) is 0 Å². The first-order chi connectivity index (χ1) is 5.46. The Hall–Kier alpha value is 2.03. The fourth-order valence-corrected chi connectivity index (χ4v) is 1.18. The summed E-state index contributed by atoms with van der Waals surface area (Å²) in [5.74, 6) is 0. The van der Waals surface area contributed by atoms with E-state index in [0.29, 0.717) is 0 Å². The lowest BCUT2D eigenvalue weighted by molar-refractivity contribution is 0.610. The van der Waals surface area contributed by atoms with E-state index >= 15 is 0 Å². The summed E-state index contributed by atoms with van der Waals surface area (Å²) >= 11 is 39.7. The van der Waals surface area contributed by atoms with E-state index in [0.717, 1.165) is 0 Å². The molecule has 13 heavy (non-hydrogen) atoms. The minimum Gasteiger partial charge on any atom is -0.0986 e. The minimum atomic E-state index is -1.39. The predicted molar refractivity (Wildman–Crippen MR) is 64.1 cm³/mol. The molecule has 80 valence electrons. The van der Waals surface area contributed by atoms with Gasteiger partial charge in [0.2, 0.25) is 0 Å². The predicted octanol–water partition coefficient (Wildman–Crippen LogP) is 5.50. The standard InChI is InChI=1S/C6H7Cl7/c1-4(7,8)5(9,10)2-3-6(11,12)13/h2-3H2,1H3. The van der Waals surface area contributed by atoms with Crippen LogP contribution < -0.4 is 0 Å². The topological polar surface area (TPSA) is 0 Å². The Labute approximate surface area is 113 Å². The van der Waals surface area contributed by atoms with Gasteiger partial charge in [0.25, 0.3) is 0 Å². The third kappa shape index (κ3) is 6.25. The number of hydrogen-bond acceptors (Lipinski definition) is 0. The average Bonchev–Trinajstić information content (AvgIpc) is 1.79. The van der Waals surface area contributed by atoms with Gasteiger partial charge in [0, 0.05) is 0 Å². The Morgan fingerprint density at radius 3 is 1.38 bits per heavy atom. The number of halogens is 7. The van der Waals surface area contributed by atoms with Crippen LogP contribution in [0.25, 0.3) is 0 Å². The third-order valence-electron chi connectivity index (χ3n) is 1.36. The highest BCUT2D eigenvalue weighted by atomic mass is 35.6. The van der Waals surface area contributed by atoms with E-state index in [-0.39, 0.29) is 12.8 Å². The Morgan fingerprint density at radius 1 is 0.769 bits per heavy atom. The summed E-state index contributed by atoms with van der Waals surface area (Å²) in [6.07, 6.45) is 0.371. The maximum atomic E-state index is 5.84. The van der Waals surface area contributed by atoms with Crippen molar-refractivity contribution in [3.63, 3.8) is 0 Å². The monoisotopic (exact) mass is 324 g/mol. The number of hydrogen-bond donors (Lipinski definition) is 0. The number of alkyl halides is 7. The van der Waals surface area contributed by atoms with Crippen LogP contribution in [0.15, 0.2) is 0 Å². The zero-order valence-corrected chi connectivity index (χ0v) is 11.9. The van der Waals surface area contributed by atoms with E-state index < -0.39 is 12.5 Å². The summed E-state index contributed by atoms with van der Waals surface area (Å²) in [6.45, 7) is 1.48. The molecule has 0 aliphatic carbocycles. The Kier molecular flexibility index (Phi) is 5.67. The third-order valence-corrected chi connectivity index (χ3v) is 4.10. The van der Waals surface area contributed by atoms with Crippen molar-refractivity contribution in [1.29, 1.82) is 0 Å². The molecular formula is C6H7Cl7. The molecule has 0 saturated heterocycles. The molecule has 0 atom stereocenters. The van der Waals surface area contributed by atoms with Gasteiger partial charge in [-0.15, -0.1) is 0 Å². The van der Waals surface area contributed by atoms with Gasteiger partial charge in [-0.3, -0.25) is 0 Å². The van der Waals surface area contributed by atoms with Crippen molar-refractivity contribution < 1.29 is 0 Å². The molecule has 0 heterocycles. The molecular weight excluding hydrogens is 320 g/mol. The zero-order chi connectivity index (χ0) is 10.9. The van der Waals surface area contributed by atoms with Gasteiger partial charge in [0.05, 0.1) is 0 Å². The molecule has 0 amide bonds. The fourth-order valence-electron chi connectivity index (χ4n) is 0.518. The quantitative estimate of drug-likeness (QED) is 0.600. The van der Waals surface area contributed by atoms with Crippen LogP contribution in [0.3, 0.4) is 0 Å². The molecule has 0 bridgehead atoms. The second-order valence-corrected chi connectivity index (χ2v) is 8.41. The van der Waals surface area contributed by atoms with Gasteiger partial charge in [0.1, 0.15) is 4.33 Å². The molecule has 0 rings (SSSR count). The first kappa shape index (κ1) is 15.0. The van der Waals surface area contributed by atoms with Crippen LogP contribution in [0, 0.1) is 0 Å². The lowest BCUT2D eigenvalue weighted by atomic mass is 10.2. The Balaban J connectivity index is 4.21. The maximum absolute atomic E-state index is 5.84. The van der Waals surface area contributed by atoms with Crippen molar-refractivity contribution >= 4 is 81.2 Å². The van der Waals surface area contributed by atoms with E-state index in [1.165, 1.54) is 6.92 Å². The average molecular weight is 327 g/mol. The fraction of sp³-hybridized carbons (Fsp3) is 1.00. The molecule has 0 radical (unpaired) electrons. The van der Waals surface area contributed by atoms with Gasteiger partial charge >= 0.3 is 0 Å². The Morgan fingerprint density at radius 2 is 1.15 bits per heavy atom. The molecule has 0 N–H and O–H groups in total. The highest BCUT2D eigenvalue weighted by Crippen LogP contribution is 2.47. The first-order valence-electron chi connectivity index (χ1n) is 3.28. The second-order valence-electron chi connectivity index (χ2n) is 2.71. The van der Waals surface area contributed by atoms with Gasteiger partial charge < -0.3 is 0 Å². The molecule has 0 spiro atoms. The molecule has 0 fully saturated rings. The summed E-state index contributed by atoms with van der Waals surface area (Å²) < 4.78 is -4.01. The van der Waals surface area contributed by atoms with Crippen LogP contribution in [0.4, 0.5) is 0 Å². The maximum Gasteiger partial charge on any atom is 0.190 e. The summed E-state index contributed by atoms with van der Waals surface area (Å²) in [6, 6.07) is 0. The van der Waals surface area contributed by atoms with Crippen LogP contribution in [-0.2, 0) is 0 Å². The van der Waals surface area contributed by atoms with E-state index in [2.05, 4.69) is 0 Å². The molecule has 0 aromatic rings. The highest BCUT2D eigenvalue weighted by Gasteiger charge is 2.44. The van der Waals surface area contributed by atoms with Crippen LogP contribution in [0.2, 0.25) is 0 Å². The largest absolute Gasteiger partial charge is 0.190 e. The summed E-state index contributed by atoms with van der Waals surface area (Å²) in [7, 11) is 0. The van der Waals surface area contributed by atoms with E-state index in [4.69, 9.17) is 81.2 Å². The molecule has 7 heteroatoms. The van der Waals surface area contributed by atoms with Gasteiger partial charge in [-0.25, -0.2) is 0 Å². The van der Waals surface area contributed by atoms with Crippen LogP contribution in [-0.4, -0.2) is 12.5 Å². The van der Waals surface area contributed by atoms with Crippen LogP contribution in [0.5, 0.6) is 0 Å². The van der Waals surface area contributed by atoms with E-state index in [1.807, 2.05) is 0 Å². The summed E-state index contributed by atoms with van der Waals surface area (Å²) in [5.41, 5.74) is 0. The molecule has 0 aromatic carbocycles. The molecule has 0 unspecified atom stereocenters. The smallest absolute Gasteiger partial charge is 0.0986 e. The molecule has 0 nitrogen and oxygen atoms in total. The van der Waals surface area contributed by atoms with E-state index in [9.17, 15) is 0 Å². The van der Waals surface area contributed by atoms with Crippen molar-refractivity contribution in [2.24, 2.45) is 0 Å². The lowest BCUT2D eigenvalue weighted by Gasteiger charge is -2.30.